The Bertz CT molecular complexity index is 419. The Morgan fingerprint density at radius 2 is 1.94 bits per heavy atom. The van der Waals surface area contributed by atoms with Crippen LogP contribution in [0.15, 0.2) is 24.3 Å². The van der Waals surface area contributed by atoms with Gasteiger partial charge in [0.05, 0.1) is 5.56 Å². The van der Waals surface area contributed by atoms with E-state index in [9.17, 15) is 13.2 Å². The summed E-state index contributed by atoms with van der Waals surface area (Å²) in [6, 6.07) is 6.11. The lowest BCUT2D eigenvalue weighted by Gasteiger charge is -2.19. The molecule has 4 heteroatoms. The van der Waals surface area contributed by atoms with Crippen molar-refractivity contribution in [2.75, 3.05) is 6.54 Å². The van der Waals surface area contributed by atoms with E-state index < -0.39 is 11.7 Å². The van der Waals surface area contributed by atoms with Crippen molar-refractivity contribution in [3.05, 3.63) is 35.4 Å². The topological polar surface area (TPSA) is 12.0 Å². The van der Waals surface area contributed by atoms with E-state index in [1.54, 1.807) is 0 Å². The summed E-state index contributed by atoms with van der Waals surface area (Å²) in [6.45, 7) is 4.84. The molecule has 1 N–H and O–H groups in total. The largest absolute Gasteiger partial charge is 0.416 e. The van der Waals surface area contributed by atoms with Gasteiger partial charge in [0.2, 0.25) is 0 Å². The summed E-state index contributed by atoms with van der Waals surface area (Å²) >= 11 is 0. The standard InChI is InChI=1S/C14H18F3N/c1-10(2)18-9-13(6-7-13)11-4-3-5-12(8-11)14(15,16)17/h3-5,8,10,18H,6-7,9H2,1-2H3. The summed E-state index contributed by atoms with van der Waals surface area (Å²) in [5.74, 6) is 0. The monoisotopic (exact) mass is 257 g/mol. The number of nitrogens with one attached hydrogen (secondary N) is 1. The Kier molecular flexibility index (Phi) is 3.41. The molecule has 100 valence electrons. The Balaban J connectivity index is 2.18. The maximum Gasteiger partial charge on any atom is 0.416 e. The minimum Gasteiger partial charge on any atom is -0.314 e. The summed E-state index contributed by atoms with van der Waals surface area (Å²) in [5.41, 5.74) is 0.187. The zero-order chi connectivity index (χ0) is 13.4. The van der Waals surface area contributed by atoms with Crippen LogP contribution in [0.2, 0.25) is 0 Å². The van der Waals surface area contributed by atoms with E-state index in [1.165, 1.54) is 12.1 Å². The molecule has 0 aliphatic heterocycles. The lowest BCUT2D eigenvalue weighted by Crippen LogP contribution is -2.32. The molecule has 0 bridgehead atoms. The molecule has 1 saturated carbocycles. The molecule has 1 fully saturated rings. The Hall–Kier alpha value is -1.03. The number of rotatable bonds is 4. The summed E-state index contributed by atoms with van der Waals surface area (Å²) in [7, 11) is 0. The van der Waals surface area contributed by atoms with Crippen LogP contribution < -0.4 is 5.32 Å². The highest BCUT2D eigenvalue weighted by molar-refractivity contribution is 5.36. The highest BCUT2D eigenvalue weighted by atomic mass is 19.4. The minimum absolute atomic E-state index is 0.0778. The fourth-order valence-electron chi connectivity index (χ4n) is 2.14. The molecule has 1 aliphatic rings. The van der Waals surface area contributed by atoms with Crippen molar-refractivity contribution >= 4 is 0 Å². The van der Waals surface area contributed by atoms with E-state index in [-0.39, 0.29) is 5.41 Å². The number of hydrogen-bond donors (Lipinski definition) is 1. The van der Waals surface area contributed by atoms with Gasteiger partial charge in [0.1, 0.15) is 0 Å². The van der Waals surface area contributed by atoms with Crippen LogP contribution in [-0.2, 0) is 11.6 Å². The molecule has 0 atom stereocenters. The highest BCUT2D eigenvalue weighted by Gasteiger charge is 2.44. The third-order valence-electron chi connectivity index (χ3n) is 3.50. The molecule has 0 spiro atoms. The molecule has 1 nitrogen and oxygen atoms in total. The SMILES string of the molecule is CC(C)NCC1(c2cccc(C(F)(F)F)c2)CC1. The van der Waals surface area contributed by atoms with Gasteiger partial charge in [-0.05, 0) is 24.5 Å². The summed E-state index contributed by atoms with van der Waals surface area (Å²) in [6.07, 6.45) is -2.32. The molecule has 0 radical (unpaired) electrons. The summed E-state index contributed by atoms with van der Waals surface area (Å²) < 4.78 is 38.0. The van der Waals surface area contributed by atoms with Crippen molar-refractivity contribution in [1.82, 2.24) is 5.32 Å². The van der Waals surface area contributed by atoms with Crippen LogP contribution >= 0.6 is 0 Å². The van der Waals surface area contributed by atoms with Crippen molar-refractivity contribution < 1.29 is 13.2 Å². The number of halogens is 3. The molecule has 1 aliphatic carbocycles. The zero-order valence-corrected chi connectivity index (χ0v) is 10.6. The maximum absolute atomic E-state index is 12.7. The van der Waals surface area contributed by atoms with Gasteiger partial charge in [-0.1, -0.05) is 32.0 Å². The molecule has 1 aromatic carbocycles. The third kappa shape index (κ3) is 2.86. The third-order valence-corrected chi connectivity index (χ3v) is 3.50. The van der Waals surface area contributed by atoms with Crippen molar-refractivity contribution in [3.8, 4) is 0 Å². The van der Waals surface area contributed by atoms with E-state index in [0.29, 0.717) is 6.04 Å². The number of benzene rings is 1. The smallest absolute Gasteiger partial charge is 0.314 e. The molecule has 0 aromatic heterocycles. The molecule has 0 amide bonds. The van der Waals surface area contributed by atoms with Crippen LogP contribution in [0.1, 0.15) is 37.8 Å². The van der Waals surface area contributed by atoms with Crippen LogP contribution in [0.25, 0.3) is 0 Å². The second kappa shape index (κ2) is 4.57. The van der Waals surface area contributed by atoms with Gasteiger partial charge in [-0.15, -0.1) is 0 Å². The minimum atomic E-state index is -4.25. The van der Waals surface area contributed by atoms with Crippen molar-refractivity contribution in [3.63, 3.8) is 0 Å². The van der Waals surface area contributed by atoms with Crippen molar-refractivity contribution in [2.24, 2.45) is 0 Å². The van der Waals surface area contributed by atoms with Crippen LogP contribution in [0.4, 0.5) is 13.2 Å². The molecule has 0 unspecified atom stereocenters. The first kappa shape index (κ1) is 13.4. The van der Waals surface area contributed by atoms with E-state index in [4.69, 9.17) is 0 Å². The molecule has 0 heterocycles. The maximum atomic E-state index is 12.7. The lowest BCUT2D eigenvalue weighted by molar-refractivity contribution is -0.137. The van der Waals surface area contributed by atoms with Crippen LogP contribution in [0, 0.1) is 0 Å². The van der Waals surface area contributed by atoms with E-state index >= 15 is 0 Å². The quantitative estimate of drug-likeness (QED) is 0.866. The fraction of sp³-hybridized carbons (Fsp3) is 0.571. The predicted molar refractivity (Wildman–Crippen MR) is 65.5 cm³/mol. The Morgan fingerprint density at radius 1 is 1.28 bits per heavy atom. The predicted octanol–water partition coefficient (Wildman–Crippen LogP) is 3.74. The summed E-state index contributed by atoms with van der Waals surface area (Å²) in [5, 5.41) is 3.32. The first-order valence-electron chi connectivity index (χ1n) is 6.25. The molecule has 0 saturated heterocycles. The first-order valence-corrected chi connectivity index (χ1v) is 6.25. The fourth-order valence-corrected chi connectivity index (χ4v) is 2.14. The van der Waals surface area contributed by atoms with Gasteiger partial charge in [-0.3, -0.25) is 0 Å². The molecular formula is C14H18F3N. The Labute approximate surface area is 105 Å². The normalized spacial score (nSPS) is 18.1. The van der Waals surface area contributed by atoms with Gasteiger partial charge in [-0.2, -0.15) is 13.2 Å². The lowest BCUT2D eigenvalue weighted by atomic mass is 9.94. The van der Waals surface area contributed by atoms with Crippen LogP contribution in [0.3, 0.4) is 0 Å². The second-order valence-corrected chi connectivity index (χ2v) is 5.39. The van der Waals surface area contributed by atoms with E-state index in [0.717, 1.165) is 31.0 Å². The van der Waals surface area contributed by atoms with Gasteiger partial charge < -0.3 is 5.32 Å². The van der Waals surface area contributed by atoms with Crippen LogP contribution in [0.5, 0.6) is 0 Å². The van der Waals surface area contributed by atoms with Gasteiger partial charge in [0.15, 0.2) is 0 Å². The zero-order valence-electron chi connectivity index (χ0n) is 10.6. The molecule has 2 rings (SSSR count). The van der Waals surface area contributed by atoms with Gasteiger partial charge in [-0.25, -0.2) is 0 Å². The number of alkyl halides is 3. The van der Waals surface area contributed by atoms with Crippen molar-refractivity contribution in [2.45, 2.75) is 44.3 Å². The Morgan fingerprint density at radius 3 is 2.44 bits per heavy atom. The van der Waals surface area contributed by atoms with Crippen molar-refractivity contribution in [1.29, 1.82) is 0 Å². The second-order valence-electron chi connectivity index (χ2n) is 5.39. The van der Waals surface area contributed by atoms with Crippen LogP contribution in [-0.4, -0.2) is 12.6 Å². The summed E-state index contributed by atoms with van der Waals surface area (Å²) in [4.78, 5) is 0. The number of hydrogen-bond acceptors (Lipinski definition) is 1. The van der Waals surface area contributed by atoms with E-state index in [1.807, 2.05) is 19.9 Å². The molecular weight excluding hydrogens is 239 g/mol. The average Bonchev–Trinajstić information content (AvgIpc) is 3.07. The van der Waals surface area contributed by atoms with Gasteiger partial charge in [0.25, 0.3) is 0 Å². The molecule has 1 aromatic rings. The van der Waals surface area contributed by atoms with Gasteiger partial charge >= 0.3 is 6.18 Å². The average molecular weight is 257 g/mol. The first-order chi connectivity index (χ1) is 8.33. The van der Waals surface area contributed by atoms with Gasteiger partial charge in [0, 0.05) is 18.0 Å². The van der Waals surface area contributed by atoms with E-state index in [2.05, 4.69) is 5.32 Å². The highest BCUT2D eigenvalue weighted by Crippen LogP contribution is 2.48. The molecule has 18 heavy (non-hydrogen) atoms.